The van der Waals surface area contributed by atoms with E-state index in [0.29, 0.717) is 0 Å². The summed E-state index contributed by atoms with van der Waals surface area (Å²) in [7, 11) is 0. The molecule has 0 aromatic heterocycles. The number of likely N-dealkylation sites (tertiary alicyclic amines) is 2. The van der Waals surface area contributed by atoms with Gasteiger partial charge in [-0.2, -0.15) is 0 Å². The summed E-state index contributed by atoms with van der Waals surface area (Å²) in [6.07, 6.45) is 13.5. The summed E-state index contributed by atoms with van der Waals surface area (Å²) in [5.74, 6) is 2.56. The number of hydrogen-bond donors (Lipinski definition) is 0. The molecule has 1 saturated carbocycles. The summed E-state index contributed by atoms with van der Waals surface area (Å²) in [6.45, 7) is 6.41. The lowest BCUT2D eigenvalue weighted by atomic mass is 9.86. The third-order valence-electron chi connectivity index (χ3n) is 7.08. The fraction of sp³-hybridized carbons (Fsp3) is 0.565. The predicted molar refractivity (Wildman–Crippen MR) is 104 cm³/mol. The van der Waals surface area contributed by atoms with Gasteiger partial charge in [0.05, 0.1) is 0 Å². The Hall–Kier alpha value is -1.54. The standard InChI is InChI=1S/C23H30N2/c1-2-14-24(13-1)15-12-18-6-8-19(9-7-18)22-11-10-20-16-25(17-23(20)22)21-4-3-5-21/h3-9,20,22-23H,1-2,10-17H2. The Morgan fingerprint density at radius 3 is 2.48 bits per heavy atom. The number of nitrogens with zero attached hydrogens (tertiary/aromatic N) is 2. The van der Waals surface area contributed by atoms with Gasteiger partial charge in [-0.15, -0.1) is 0 Å². The number of rotatable bonds is 5. The molecule has 0 N–H and O–H groups in total. The largest absolute Gasteiger partial charge is 0.371 e. The van der Waals surface area contributed by atoms with Crippen molar-refractivity contribution < 1.29 is 0 Å². The van der Waals surface area contributed by atoms with Crippen LogP contribution in [-0.2, 0) is 6.42 Å². The summed E-state index contributed by atoms with van der Waals surface area (Å²) in [5.41, 5.74) is 4.57. The van der Waals surface area contributed by atoms with E-state index in [-0.39, 0.29) is 0 Å². The number of fused-ring (bicyclic) bond motifs is 1. The smallest absolute Gasteiger partial charge is 0.0366 e. The maximum absolute atomic E-state index is 2.62. The van der Waals surface area contributed by atoms with Crippen LogP contribution >= 0.6 is 0 Å². The first-order chi connectivity index (χ1) is 12.4. The van der Waals surface area contributed by atoms with Crippen molar-refractivity contribution >= 4 is 0 Å². The van der Waals surface area contributed by atoms with Crippen LogP contribution in [0.5, 0.6) is 0 Å². The van der Waals surface area contributed by atoms with E-state index in [2.05, 4.69) is 52.3 Å². The Morgan fingerprint density at radius 2 is 1.76 bits per heavy atom. The van der Waals surface area contributed by atoms with Gasteiger partial charge in [-0.3, -0.25) is 0 Å². The van der Waals surface area contributed by atoms with Gasteiger partial charge in [0.15, 0.2) is 0 Å². The van der Waals surface area contributed by atoms with Gasteiger partial charge in [0, 0.05) is 25.3 Å². The highest BCUT2D eigenvalue weighted by molar-refractivity contribution is 5.35. The summed E-state index contributed by atoms with van der Waals surface area (Å²) in [5, 5.41) is 0. The van der Waals surface area contributed by atoms with Crippen LogP contribution in [0.4, 0.5) is 0 Å². The fourth-order valence-electron chi connectivity index (χ4n) is 5.51. The van der Waals surface area contributed by atoms with Crippen molar-refractivity contribution in [1.82, 2.24) is 9.80 Å². The van der Waals surface area contributed by atoms with Crippen molar-refractivity contribution in [2.45, 2.75) is 38.0 Å². The lowest BCUT2D eigenvalue weighted by Gasteiger charge is -2.25. The minimum atomic E-state index is 0.785. The Labute approximate surface area is 152 Å². The minimum absolute atomic E-state index is 0.785. The molecule has 1 aromatic rings. The summed E-state index contributed by atoms with van der Waals surface area (Å²) in [4.78, 5) is 5.23. The molecule has 0 spiro atoms. The van der Waals surface area contributed by atoms with Crippen LogP contribution in [0.15, 0.2) is 48.2 Å². The second-order valence-corrected chi connectivity index (χ2v) is 8.50. The lowest BCUT2D eigenvalue weighted by molar-refractivity contribution is 0.343. The number of hydrogen-bond acceptors (Lipinski definition) is 2. The van der Waals surface area contributed by atoms with Gasteiger partial charge in [-0.25, -0.2) is 0 Å². The quantitative estimate of drug-likeness (QED) is 0.796. The summed E-state index contributed by atoms with van der Waals surface area (Å²) < 4.78 is 0. The Kier molecular flexibility index (Phi) is 4.17. The number of allylic oxidation sites excluding steroid dienone is 3. The van der Waals surface area contributed by atoms with Crippen LogP contribution < -0.4 is 0 Å². The topological polar surface area (TPSA) is 6.48 Å². The van der Waals surface area contributed by atoms with Crippen LogP contribution in [0.1, 0.15) is 42.7 Å². The molecule has 3 unspecified atom stereocenters. The molecule has 3 fully saturated rings. The van der Waals surface area contributed by atoms with Crippen molar-refractivity contribution in [2.24, 2.45) is 11.8 Å². The zero-order valence-electron chi connectivity index (χ0n) is 15.2. The van der Waals surface area contributed by atoms with E-state index in [0.717, 1.165) is 17.8 Å². The zero-order chi connectivity index (χ0) is 16.6. The van der Waals surface area contributed by atoms with Gasteiger partial charge >= 0.3 is 0 Å². The molecular weight excluding hydrogens is 304 g/mol. The maximum atomic E-state index is 2.62. The van der Waals surface area contributed by atoms with Crippen molar-refractivity contribution in [3.05, 3.63) is 59.3 Å². The normalized spacial score (nSPS) is 31.3. The lowest BCUT2D eigenvalue weighted by Crippen LogP contribution is -2.23. The van der Waals surface area contributed by atoms with E-state index in [1.165, 1.54) is 76.1 Å². The highest BCUT2D eigenvalue weighted by Crippen LogP contribution is 2.48. The molecule has 3 atom stereocenters. The Morgan fingerprint density at radius 1 is 0.960 bits per heavy atom. The molecule has 2 heteroatoms. The summed E-state index contributed by atoms with van der Waals surface area (Å²) in [6, 6.07) is 9.69. The van der Waals surface area contributed by atoms with Crippen molar-refractivity contribution in [3.63, 3.8) is 0 Å². The van der Waals surface area contributed by atoms with E-state index in [1.54, 1.807) is 5.56 Å². The van der Waals surface area contributed by atoms with Crippen molar-refractivity contribution in [1.29, 1.82) is 0 Å². The van der Waals surface area contributed by atoms with Crippen LogP contribution in [0.2, 0.25) is 0 Å². The highest BCUT2D eigenvalue weighted by atomic mass is 15.2. The molecule has 0 radical (unpaired) electrons. The first kappa shape index (κ1) is 15.7. The zero-order valence-corrected chi connectivity index (χ0v) is 15.2. The molecule has 4 aliphatic rings. The molecule has 1 aromatic carbocycles. The highest BCUT2D eigenvalue weighted by Gasteiger charge is 2.43. The maximum Gasteiger partial charge on any atom is 0.0366 e. The van der Waals surface area contributed by atoms with E-state index in [9.17, 15) is 0 Å². The molecule has 2 heterocycles. The second-order valence-electron chi connectivity index (χ2n) is 8.50. The monoisotopic (exact) mass is 334 g/mol. The van der Waals surface area contributed by atoms with Crippen molar-refractivity contribution in [3.8, 4) is 0 Å². The van der Waals surface area contributed by atoms with E-state index < -0.39 is 0 Å². The third-order valence-corrected chi connectivity index (χ3v) is 7.08. The Bertz CT molecular complexity index is 666. The molecule has 5 rings (SSSR count). The van der Waals surface area contributed by atoms with Crippen LogP contribution in [-0.4, -0.2) is 42.5 Å². The summed E-state index contributed by atoms with van der Waals surface area (Å²) >= 11 is 0. The Balaban J connectivity index is 1.21. The first-order valence-corrected chi connectivity index (χ1v) is 10.3. The van der Waals surface area contributed by atoms with E-state index in [1.807, 2.05) is 0 Å². The molecule has 25 heavy (non-hydrogen) atoms. The van der Waals surface area contributed by atoms with E-state index >= 15 is 0 Å². The van der Waals surface area contributed by atoms with Crippen LogP contribution in [0.3, 0.4) is 0 Å². The van der Waals surface area contributed by atoms with Gasteiger partial charge in [-0.1, -0.05) is 30.3 Å². The van der Waals surface area contributed by atoms with Crippen LogP contribution in [0.25, 0.3) is 0 Å². The molecule has 0 bridgehead atoms. The minimum Gasteiger partial charge on any atom is -0.371 e. The molecule has 0 amide bonds. The molecule has 2 saturated heterocycles. The molecule has 132 valence electrons. The van der Waals surface area contributed by atoms with Gasteiger partial charge in [-0.05, 0) is 86.2 Å². The SMILES string of the molecule is C1=CC(N2CC3CCC(c4ccc(CCN5CCCC5)cc4)C3C2)=C1. The predicted octanol–water partition coefficient (Wildman–Crippen LogP) is 4.20. The first-order valence-electron chi connectivity index (χ1n) is 10.3. The molecule has 2 nitrogen and oxygen atoms in total. The second kappa shape index (κ2) is 6.64. The molecule has 2 aliphatic heterocycles. The van der Waals surface area contributed by atoms with Gasteiger partial charge in [0.2, 0.25) is 0 Å². The van der Waals surface area contributed by atoms with Gasteiger partial charge < -0.3 is 9.80 Å². The van der Waals surface area contributed by atoms with Crippen molar-refractivity contribution in [2.75, 3.05) is 32.7 Å². The fourth-order valence-corrected chi connectivity index (χ4v) is 5.51. The average molecular weight is 335 g/mol. The third kappa shape index (κ3) is 3.06. The van der Waals surface area contributed by atoms with Gasteiger partial charge in [0.1, 0.15) is 0 Å². The van der Waals surface area contributed by atoms with Gasteiger partial charge in [0.25, 0.3) is 0 Å². The van der Waals surface area contributed by atoms with E-state index in [4.69, 9.17) is 0 Å². The molecule has 2 aliphatic carbocycles. The number of benzene rings is 1. The van der Waals surface area contributed by atoms with Crippen LogP contribution in [0, 0.1) is 11.8 Å². The molecular formula is C23H30N2. The average Bonchev–Trinajstić information content (AvgIpc) is 3.29.